The van der Waals surface area contributed by atoms with Gasteiger partial charge in [-0.2, -0.15) is 13.2 Å². The zero-order valence-electron chi connectivity index (χ0n) is 16.4. The summed E-state index contributed by atoms with van der Waals surface area (Å²) in [5.74, 6) is 0.0200. The van der Waals surface area contributed by atoms with Gasteiger partial charge in [-0.15, -0.1) is 0 Å². The van der Waals surface area contributed by atoms with Crippen molar-refractivity contribution in [1.29, 1.82) is 0 Å². The second-order valence-electron chi connectivity index (χ2n) is 7.03. The number of rotatable bonds is 5. The molecule has 30 heavy (non-hydrogen) atoms. The van der Waals surface area contributed by atoms with Crippen LogP contribution in [-0.4, -0.2) is 30.7 Å². The van der Waals surface area contributed by atoms with Gasteiger partial charge in [0.05, 0.1) is 16.9 Å². The quantitative estimate of drug-likeness (QED) is 0.675. The second kappa shape index (κ2) is 9.34. The van der Waals surface area contributed by atoms with Crippen LogP contribution in [0.1, 0.15) is 24.0 Å². The molecule has 3 rings (SSSR count). The number of hydrogen-bond donors (Lipinski definition) is 2. The zero-order valence-corrected chi connectivity index (χ0v) is 17.2. The fourth-order valence-electron chi connectivity index (χ4n) is 3.15. The van der Waals surface area contributed by atoms with Gasteiger partial charge < -0.3 is 15.0 Å². The lowest BCUT2D eigenvalue weighted by Crippen LogP contribution is -2.37. The minimum Gasteiger partial charge on any atom is -0.484 e. The molecule has 0 bridgehead atoms. The first kappa shape index (κ1) is 21.9. The lowest BCUT2D eigenvalue weighted by molar-refractivity contribution is -0.137. The number of amides is 1. The Morgan fingerprint density at radius 3 is 2.43 bits per heavy atom. The van der Waals surface area contributed by atoms with Gasteiger partial charge in [0.2, 0.25) is 0 Å². The van der Waals surface area contributed by atoms with E-state index in [9.17, 15) is 18.0 Å². The summed E-state index contributed by atoms with van der Waals surface area (Å²) in [4.78, 5) is 14.1. The summed E-state index contributed by atoms with van der Waals surface area (Å²) < 4.78 is 44.8. The van der Waals surface area contributed by atoms with Gasteiger partial charge >= 0.3 is 6.18 Å². The number of anilines is 2. The fourth-order valence-corrected chi connectivity index (χ4v) is 3.37. The van der Waals surface area contributed by atoms with Crippen molar-refractivity contribution in [2.45, 2.75) is 25.9 Å². The topological polar surface area (TPSA) is 53.6 Å². The van der Waals surface area contributed by atoms with Crippen molar-refractivity contribution in [3.05, 3.63) is 53.6 Å². The first-order valence-corrected chi connectivity index (χ1v) is 9.90. The number of aryl methyl sites for hydroxylation is 1. The van der Waals surface area contributed by atoms with Gasteiger partial charge in [-0.05, 0) is 62.3 Å². The van der Waals surface area contributed by atoms with Crippen LogP contribution < -0.4 is 20.3 Å². The van der Waals surface area contributed by atoms with Gasteiger partial charge in [-0.1, -0.05) is 17.7 Å². The molecule has 1 aliphatic heterocycles. The monoisotopic (exact) mass is 437 g/mol. The molecule has 5 nitrogen and oxygen atoms in total. The molecule has 0 unspecified atom stereocenters. The molecule has 2 N–H and O–H groups in total. The number of nitrogens with zero attached hydrogens (tertiary/aromatic N) is 1. The van der Waals surface area contributed by atoms with Gasteiger partial charge in [0.25, 0.3) is 5.91 Å². The molecule has 1 fully saturated rings. The third-order valence-corrected chi connectivity index (χ3v) is 4.87. The largest absolute Gasteiger partial charge is 0.484 e. The average Bonchev–Trinajstić information content (AvgIpc) is 3.21. The molecule has 0 aliphatic carbocycles. The number of alkyl halides is 3. The van der Waals surface area contributed by atoms with E-state index in [0.29, 0.717) is 11.4 Å². The Hall–Kier alpha value is -2.81. The van der Waals surface area contributed by atoms with Gasteiger partial charge in [-0.25, -0.2) is 0 Å². The predicted octanol–water partition coefficient (Wildman–Crippen LogP) is 4.51. The predicted molar refractivity (Wildman–Crippen MR) is 114 cm³/mol. The van der Waals surface area contributed by atoms with E-state index in [2.05, 4.69) is 10.6 Å². The first-order chi connectivity index (χ1) is 14.2. The number of carbonyl (C=O) groups is 1. The molecule has 1 heterocycles. The highest BCUT2D eigenvalue weighted by molar-refractivity contribution is 7.80. The number of nitrogens with one attached hydrogen (secondary N) is 2. The molecule has 0 atom stereocenters. The van der Waals surface area contributed by atoms with Gasteiger partial charge in [-0.3, -0.25) is 10.1 Å². The van der Waals surface area contributed by atoms with Crippen LogP contribution in [0, 0.1) is 6.92 Å². The summed E-state index contributed by atoms with van der Waals surface area (Å²) in [7, 11) is 0. The maximum Gasteiger partial charge on any atom is 0.416 e. The molecule has 1 amide bonds. The number of carbonyl (C=O) groups excluding carboxylic acids is 1. The van der Waals surface area contributed by atoms with E-state index in [1.54, 1.807) is 12.1 Å². The molecule has 0 radical (unpaired) electrons. The lowest BCUT2D eigenvalue weighted by Gasteiger charge is -2.23. The summed E-state index contributed by atoms with van der Waals surface area (Å²) in [6.45, 7) is 3.17. The minimum absolute atomic E-state index is 0.0905. The SMILES string of the molecule is Cc1ccc(OCC(=O)NC(=S)Nc2cc(C(F)(F)F)ccc2N2CCCC2)cc1. The molecule has 160 valence electrons. The van der Waals surface area contributed by atoms with E-state index >= 15 is 0 Å². The molecule has 1 saturated heterocycles. The summed E-state index contributed by atoms with van der Waals surface area (Å²) in [6, 6.07) is 10.7. The molecule has 0 saturated carbocycles. The molecular weight excluding hydrogens is 415 g/mol. The van der Waals surface area contributed by atoms with E-state index < -0.39 is 17.6 Å². The Morgan fingerprint density at radius 1 is 1.13 bits per heavy atom. The van der Waals surface area contributed by atoms with Crippen molar-refractivity contribution in [1.82, 2.24) is 5.32 Å². The standard InChI is InChI=1S/C21H22F3N3O2S/c1-14-4-7-16(8-5-14)29-13-19(28)26-20(30)25-17-12-15(21(22,23)24)6-9-18(17)27-10-2-3-11-27/h4-9,12H,2-3,10-11,13H2,1H3,(H2,25,26,28,30). The van der Waals surface area contributed by atoms with Crippen LogP contribution in [0.25, 0.3) is 0 Å². The molecule has 1 aliphatic rings. The highest BCUT2D eigenvalue weighted by Crippen LogP contribution is 2.36. The van der Waals surface area contributed by atoms with Crippen LogP contribution in [0.5, 0.6) is 5.75 Å². The average molecular weight is 437 g/mol. The van der Waals surface area contributed by atoms with Gasteiger partial charge in [0.1, 0.15) is 5.75 Å². The summed E-state index contributed by atoms with van der Waals surface area (Å²) in [5, 5.41) is 5.09. The zero-order chi connectivity index (χ0) is 21.7. The van der Waals surface area contributed by atoms with Gasteiger partial charge in [0.15, 0.2) is 11.7 Å². The van der Waals surface area contributed by atoms with Gasteiger partial charge in [0, 0.05) is 13.1 Å². The number of hydrogen-bond acceptors (Lipinski definition) is 4. The van der Waals surface area contributed by atoms with E-state index in [4.69, 9.17) is 17.0 Å². The number of halogens is 3. The maximum absolute atomic E-state index is 13.2. The third kappa shape index (κ3) is 5.85. The summed E-state index contributed by atoms with van der Waals surface area (Å²) in [5.41, 5.74) is 1.10. The van der Waals surface area contributed by atoms with Crippen LogP contribution in [0.2, 0.25) is 0 Å². The molecule has 2 aromatic carbocycles. The number of ether oxygens (including phenoxy) is 1. The minimum atomic E-state index is -4.48. The Morgan fingerprint density at radius 2 is 1.80 bits per heavy atom. The molecule has 2 aromatic rings. The van der Waals surface area contributed by atoms with Crippen molar-refractivity contribution in [2.24, 2.45) is 0 Å². The second-order valence-corrected chi connectivity index (χ2v) is 7.44. The fraction of sp³-hybridized carbons (Fsp3) is 0.333. The molecule has 0 aromatic heterocycles. The van der Waals surface area contributed by atoms with Crippen LogP contribution in [-0.2, 0) is 11.0 Å². The maximum atomic E-state index is 13.2. The van der Waals surface area contributed by atoms with Crippen molar-refractivity contribution in [3.63, 3.8) is 0 Å². The Kier molecular flexibility index (Phi) is 6.81. The van der Waals surface area contributed by atoms with E-state index in [1.807, 2.05) is 24.0 Å². The van der Waals surface area contributed by atoms with E-state index in [1.165, 1.54) is 6.07 Å². The summed E-state index contributed by atoms with van der Waals surface area (Å²) >= 11 is 5.13. The Labute approximate surface area is 178 Å². The van der Waals surface area contributed by atoms with Crippen molar-refractivity contribution in [2.75, 3.05) is 29.9 Å². The molecule has 0 spiro atoms. The van der Waals surface area contributed by atoms with Crippen molar-refractivity contribution >= 4 is 34.6 Å². The van der Waals surface area contributed by atoms with E-state index in [0.717, 1.165) is 43.6 Å². The van der Waals surface area contributed by atoms with Crippen LogP contribution in [0.3, 0.4) is 0 Å². The van der Waals surface area contributed by atoms with Crippen molar-refractivity contribution in [3.8, 4) is 5.75 Å². The van der Waals surface area contributed by atoms with Crippen LogP contribution >= 0.6 is 12.2 Å². The molecule has 9 heteroatoms. The lowest BCUT2D eigenvalue weighted by atomic mass is 10.1. The third-order valence-electron chi connectivity index (χ3n) is 4.66. The van der Waals surface area contributed by atoms with Crippen molar-refractivity contribution < 1.29 is 22.7 Å². The highest BCUT2D eigenvalue weighted by Gasteiger charge is 2.32. The Balaban J connectivity index is 1.65. The first-order valence-electron chi connectivity index (χ1n) is 9.49. The molecular formula is C21H22F3N3O2S. The van der Waals surface area contributed by atoms with Crippen LogP contribution in [0.15, 0.2) is 42.5 Å². The number of thiocarbonyl (C=S) groups is 1. The number of benzene rings is 2. The summed E-state index contributed by atoms with van der Waals surface area (Å²) in [6.07, 6.45) is -2.54. The Bertz CT molecular complexity index is 911. The van der Waals surface area contributed by atoms with E-state index in [-0.39, 0.29) is 17.4 Å². The normalized spacial score (nSPS) is 13.8. The smallest absolute Gasteiger partial charge is 0.416 e. The van der Waals surface area contributed by atoms with Crippen LogP contribution in [0.4, 0.5) is 24.5 Å². The highest BCUT2D eigenvalue weighted by atomic mass is 32.1.